The van der Waals surface area contributed by atoms with Gasteiger partial charge in [-0.15, -0.1) is 0 Å². The van der Waals surface area contributed by atoms with E-state index in [1.807, 2.05) is 66.9 Å². The van der Waals surface area contributed by atoms with E-state index in [0.29, 0.717) is 11.4 Å². The Balaban J connectivity index is 1.61. The molecule has 0 spiro atoms. The molecule has 192 valence electrons. The number of hydrogen-bond acceptors (Lipinski definition) is 6. The van der Waals surface area contributed by atoms with Gasteiger partial charge >= 0.3 is 0 Å². The lowest BCUT2D eigenvalue weighted by atomic mass is 10.2. The van der Waals surface area contributed by atoms with Gasteiger partial charge in [-0.3, -0.25) is 14.7 Å². The maximum atomic E-state index is 13.3. The Bertz CT molecular complexity index is 1420. The average Bonchev–Trinajstić information content (AvgIpc) is 3.35. The summed E-state index contributed by atoms with van der Waals surface area (Å²) in [6, 6.07) is 25.1. The van der Waals surface area contributed by atoms with Gasteiger partial charge in [0, 0.05) is 31.1 Å². The predicted octanol–water partition coefficient (Wildman–Crippen LogP) is 3.82. The fourth-order valence-corrected chi connectivity index (χ4v) is 5.08. The number of ether oxygens (including phenoxy) is 2. The Hall–Kier alpha value is -3.99. The van der Waals surface area contributed by atoms with Crippen LogP contribution in [0, 0.1) is 0 Å². The van der Waals surface area contributed by atoms with E-state index in [2.05, 4.69) is 10.3 Å². The molecule has 37 heavy (non-hydrogen) atoms. The highest BCUT2D eigenvalue weighted by atomic mass is 32.2. The summed E-state index contributed by atoms with van der Waals surface area (Å²) in [4.78, 5) is 17.8. The van der Waals surface area contributed by atoms with Crippen molar-refractivity contribution in [3.05, 3.63) is 91.1 Å². The highest BCUT2D eigenvalue weighted by Crippen LogP contribution is 2.25. The Morgan fingerprint density at radius 3 is 2.22 bits per heavy atom. The van der Waals surface area contributed by atoms with Crippen molar-refractivity contribution in [1.82, 2.24) is 13.9 Å². The third-order valence-corrected chi connectivity index (χ3v) is 7.48. The van der Waals surface area contributed by atoms with Gasteiger partial charge in [0.25, 0.3) is 0 Å². The minimum Gasteiger partial charge on any atom is -0.497 e. The number of methoxy groups -OCH3 is 2. The molecule has 0 aliphatic heterocycles. The number of amides is 1. The van der Waals surface area contributed by atoms with Crippen LogP contribution in [-0.4, -0.2) is 62.1 Å². The third kappa shape index (κ3) is 6.23. The van der Waals surface area contributed by atoms with Crippen LogP contribution in [-0.2, 0) is 19.6 Å². The number of benzene rings is 3. The van der Waals surface area contributed by atoms with Crippen LogP contribution in [0.25, 0.3) is 16.9 Å². The Morgan fingerprint density at radius 2 is 1.59 bits per heavy atom. The zero-order chi connectivity index (χ0) is 26.3. The van der Waals surface area contributed by atoms with Crippen molar-refractivity contribution in [3.8, 4) is 22.7 Å². The Labute approximate surface area is 216 Å². The fraction of sp³-hybridized carbons (Fsp3) is 0.185. The predicted molar refractivity (Wildman–Crippen MR) is 141 cm³/mol. The van der Waals surface area contributed by atoms with Crippen LogP contribution in [0.5, 0.6) is 5.75 Å². The van der Waals surface area contributed by atoms with Gasteiger partial charge in [0.15, 0.2) is 0 Å². The molecule has 3 aromatic carbocycles. The number of carbonyl (C=O) groups is 1. The van der Waals surface area contributed by atoms with Gasteiger partial charge in [-0.2, -0.15) is 4.31 Å². The van der Waals surface area contributed by atoms with Crippen LogP contribution in [0.2, 0.25) is 0 Å². The quantitative estimate of drug-likeness (QED) is 0.323. The van der Waals surface area contributed by atoms with E-state index >= 15 is 0 Å². The molecule has 0 aliphatic carbocycles. The molecule has 4 aromatic rings. The first kappa shape index (κ1) is 26.1. The summed E-state index contributed by atoms with van der Waals surface area (Å²) in [5.74, 6) is 0.279. The van der Waals surface area contributed by atoms with Crippen LogP contribution in [0.3, 0.4) is 0 Å². The minimum atomic E-state index is -3.98. The number of nitrogens with zero attached hydrogens (tertiary/aromatic N) is 3. The highest BCUT2D eigenvalue weighted by Gasteiger charge is 2.27. The summed E-state index contributed by atoms with van der Waals surface area (Å²) in [5, 5.41) is 2.79. The Kier molecular flexibility index (Phi) is 8.34. The second-order valence-electron chi connectivity index (χ2n) is 8.08. The number of imidazole rings is 1. The molecule has 1 N–H and O–H groups in total. The zero-order valence-electron chi connectivity index (χ0n) is 20.6. The molecule has 9 nitrogen and oxygen atoms in total. The molecule has 10 heteroatoms. The monoisotopic (exact) mass is 520 g/mol. The molecule has 0 unspecified atom stereocenters. The largest absolute Gasteiger partial charge is 0.497 e. The summed E-state index contributed by atoms with van der Waals surface area (Å²) < 4.78 is 39.7. The van der Waals surface area contributed by atoms with Crippen LogP contribution >= 0.6 is 0 Å². The van der Waals surface area contributed by atoms with Crippen LogP contribution in [0.1, 0.15) is 0 Å². The standard InChI is InChI=1S/C27H28N4O5S/c1-35-18-17-30(37(33,34)24-15-13-23(36-2)14-16-24)20-26(32)29-27-28-25(21-9-5-3-6-10-21)19-31(27)22-11-7-4-8-12-22/h3-16,19H,17-18,20H2,1-2H3,(H,28,29,32). The molecule has 0 atom stereocenters. The van der Waals surface area contributed by atoms with Crippen molar-refractivity contribution in [1.29, 1.82) is 0 Å². The van der Waals surface area contributed by atoms with Crippen molar-refractivity contribution in [2.75, 3.05) is 39.2 Å². The van der Waals surface area contributed by atoms with E-state index in [0.717, 1.165) is 15.6 Å². The van der Waals surface area contributed by atoms with E-state index in [-0.39, 0.29) is 24.0 Å². The first-order valence-corrected chi connectivity index (χ1v) is 13.0. The summed E-state index contributed by atoms with van der Waals surface area (Å²) in [6.07, 6.45) is 1.83. The topological polar surface area (TPSA) is 103 Å². The van der Waals surface area contributed by atoms with Gasteiger partial charge in [-0.05, 0) is 36.4 Å². The van der Waals surface area contributed by atoms with Crippen LogP contribution in [0.4, 0.5) is 5.95 Å². The van der Waals surface area contributed by atoms with E-state index in [1.165, 1.54) is 26.4 Å². The molecule has 1 aromatic heterocycles. The highest BCUT2D eigenvalue weighted by molar-refractivity contribution is 7.89. The van der Waals surface area contributed by atoms with Gasteiger partial charge < -0.3 is 9.47 Å². The molecule has 0 saturated heterocycles. The first-order valence-electron chi connectivity index (χ1n) is 11.6. The van der Waals surface area contributed by atoms with Crippen molar-refractivity contribution >= 4 is 21.9 Å². The SMILES string of the molecule is COCCN(CC(=O)Nc1nc(-c2ccccc2)cn1-c1ccccc1)S(=O)(=O)c1ccc(OC)cc1. The van der Waals surface area contributed by atoms with Gasteiger partial charge in [0.05, 0.1) is 30.9 Å². The van der Waals surface area contributed by atoms with E-state index in [1.54, 1.807) is 16.7 Å². The summed E-state index contributed by atoms with van der Waals surface area (Å²) in [7, 11) is -1.00. The molecule has 4 rings (SSSR count). The van der Waals surface area contributed by atoms with Crippen LogP contribution < -0.4 is 10.1 Å². The molecule has 0 fully saturated rings. The molecule has 0 saturated carbocycles. The lowest BCUT2D eigenvalue weighted by Crippen LogP contribution is -2.40. The van der Waals surface area contributed by atoms with E-state index < -0.39 is 22.5 Å². The second-order valence-corrected chi connectivity index (χ2v) is 10.0. The number of aromatic nitrogens is 2. The minimum absolute atomic E-state index is 0.000668. The lowest BCUT2D eigenvalue weighted by molar-refractivity contribution is -0.116. The molecular formula is C27H28N4O5S. The third-order valence-electron chi connectivity index (χ3n) is 5.62. The first-order chi connectivity index (χ1) is 17.9. The maximum absolute atomic E-state index is 13.3. The van der Waals surface area contributed by atoms with Gasteiger partial charge in [0.2, 0.25) is 21.9 Å². The molecule has 0 radical (unpaired) electrons. The molecule has 1 heterocycles. The normalized spacial score (nSPS) is 11.4. The summed E-state index contributed by atoms with van der Waals surface area (Å²) in [5.41, 5.74) is 2.35. The number of rotatable bonds is 11. The van der Waals surface area contributed by atoms with Gasteiger partial charge in [0.1, 0.15) is 5.75 Å². The number of nitrogens with one attached hydrogen (secondary N) is 1. The van der Waals surface area contributed by atoms with Crippen molar-refractivity contribution in [2.45, 2.75) is 4.90 Å². The number of hydrogen-bond donors (Lipinski definition) is 1. The molecular weight excluding hydrogens is 492 g/mol. The molecule has 1 amide bonds. The van der Waals surface area contributed by atoms with Gasteiger partial charge in [-0.25, -0.2) is 13.4 Å². The number of anilines is 1. The number of para-hydroxylation sites is 1. The van der Waals surface area contributed by atoms with E-state index in [4.69, 9.17) is 9.47 Å². The van der Waals surface area contributed by atoms with Crippen molar-refractivity contribution in [3.63, 3.8) is 0 Å². The average molecular weight is 521 g/mol. The Morgan fingerprint density at radius 1 is 0.946 bits per heavy atom. The lowest BCUT2D eigenvalue weighted by Gasteiger charge is -2.21. The molecule has 0 aliphatic rings. The maximum Gasteiger partial charge on any atom is 0.243 e. The number of carbonyl (C=O) groups excluding carboxylic acids is 1. The van der Waals surface area contributed by atoms with Crippen molar-refractivity contribution in [2.24, 2.45) is 0 Å². The van der Waals surface area contributed by atoms with E-state index in [9.17, 15) is 13.2 Å². The molecule has 0 bridgehead atoms. The number of sulfonamides is 1. The second kappa shape index (κ2) is 11.8. The fourth-order valence-electron chi connectivity index (χ4n) is 3.70. The smallest absolute Gasteiger partial charge is 0.243 e. The zero-order valence-corrected chi connectivity index (χ0v) is 21.4. The van der Waals surface area contributed by atoms with Crippen molar-refractivity contribution < 1.29 is 22.7 Å². The van der Waals surface area contributed by atoms with Gasteiger partial charge in [-0.1, -0.05) is 48.5 Å². The summed E-state index contributed by atoms with van der Waals surface area (Å²) >= 11 is 0. The van der Waals surface area contributed by atoms with Crippen LogP contribution in [0.15, 0.2) is 96.0 Å². The summed E-state index contributed by atoms with van der Waals surface area (Å²) in [6.45, 7) is -0.291.